The first kappa shape index (κ1) is 12.7. The van der Waals surface area contributed by atoms with Gasteiger partial charge in [0.2, 0.25) is 0 Å². The van der Waals surface area contributed by atoms with Crippen molar-refractivity contribution in [3.8, 4) is 0 Å². The summed E-state index contributed by atoms with van der Waals surface area (Å²) in [5, 5.41) is 9.21. The van der Waals surface area contributed by atoms with Crippen molar-refractivity contribution in [1.29, 1.82) is 0 Å². The number of carboxylic acids is 1. The van der Waals surface area contributed by atoms with Gasteiger partial charge in [-0.3, -0.25) is 4.79 Å². The van der Waals surface area contributed by atoms with Gasteiger partial charge in [-0.2, -0.15) is 0 Å². The van der Waals surface area contributed by atoms with E-state index in [1.807, 2.05) is 0 Å². The third kappa shape index (κ3) is 2.07. The normalized spacial score (nSPS) is 24.4. The van der Waals surface area contributed by atoms with E-state index < -0.39 is 5.97 Å². The zero-order valence-corrected chi connectivity index (χ0v) is 11.6. The molecule has 1 aromatic carbocycles. The van der Waals surface area contributed by atoms with Crippen LogP contribution in [0.4, 0.5) is 0 Å². The summed E-state index contributed by atoms with van der Waals surface area (Å²) in [4.78, 5) is 11.2. The molecule has 1 aromatic rings. The van der Waals surface area contributed by atoms with Gasteiger partial charge in [-0.1, -0.05) is 36.6 Å². The fourth-order valence-electron chi connectivity index (χ4n) is 4.39. The van der Waals surface area contributed by atoms with Gasteiger partial charge in [-0.15, -0.1) is 0 Å². The van der Waals surface area contributed by atoms with Crippen LogP contribution >= 0.6 is 0 Å². The summed E-state index contributed by atoms with van der Waals surface area (Å²) in [6.07, 6.45) is 7.31. The van der Waals surface area contributed by atoms with Gasteiger partial charge in [-0.05, 0) is 55.1 Å². The molecule has 0 amide bonds. The van der Waals surface area contributed by atoms with Crippen LogP contribution < -0.4 is 0 Å². The molecule has 1 fully saturated rings. The zero-order chi connectivity index (χ0) is 13.5. The molecule has 1 unspecified atom stereocenters. The van der Waals surface area contributed by atoms with E-state index in [9.17, 15) is 9.90 Å². The molecule has 1 atom stereocenters. The molecule has 2 nitrogen and oxygen atoms in total. The summed E-state index contributed by atoms with van der Waals surface area (Å²) in [6.45, 7) is 2.14. The predicted octanol–water partition coefficient (Wildman–Crippen LogP) is 3.84. The van der Waals surface area contributed by atoms with Crippen LogP contribution in [0.1, 0.15) is 55.2 Å². The fraction of sp³-hybridized carbons (Fsp3) is 0.588. The number of carbonyl (C=O) groups is 1. The summed E-state index contributed by atoms with van der Waals surface area (Å²) in [5.41, 5.74) is 4.41. The zero-order valence-electron chi connectivity index (χ0n) is 11.6. The first-order chi connectivity index (χ1) is 9.12. The molecule has 19 heavy (non-hydrogen) atoms. The number of benzene rings is 1. The van der Waals surface area contributed by atoms with Gasteiger partial charge in [0.05, 0.1) is 0 Å². The number of rotatable bonds is 2. The second kappa shape index (κ2) is 4.66. The minimum Gasteiger partial charge on any atom is -0.481 e. The quantitative estimate of drug-likeness (QED) is 0.875. The maximum Gasteiger partial charge on any atom is 0.303 e. The van der Waals surface area contributed by atoms with Crippen molar-refractivity contribution in [3.63, 3.8) is 0 Å². The van der Waals surface area contributed by atoms with Crippen molar-refractivity contribution in [1.82, 2.24) is 0 Å². The minimum atomic E-state index is -0.632. The Labute approximate surface area is 114 Å². The SMILES string of the molecule is Cc1ccc2c(c1)C1(CCCC1)C(CC(=O)O)CC2. The molecule has 102 valence electrons. The van der Waals surface area contributed by atoms with Crippen LogP contribution in [0.15, 0.2) is 18.2 Å². The molecule has 2 aliphatic carbocycles. The van der Waals surface area contributed by atoms with Crippen LogP contribution in [-0.4, -0.2) is 11.1 Å². The highest BCUT2D eigenvalue weighted by molar-refractivity contribution is 5.67. The van der Waals surface area contributed by atoms with Crippen LogP contribution in [0.25, 0.3) is 0 Å². The standard InChI is InChI=1S/C17H22O2/c1-12-4-5-13-6-7-14(11-16(18)19)17(15(13)10-12)8-2-3-9-17/h4-5,10,14H,2-3,6-9,11H2,1H3,(H,18,19). The fourth-order valence-corrected chi connectivity index (χ4v) is 4.39. The second-order valence-electron chi connectivity index (χ2n) is 6.36. The Morgan fingerprint density at radius 3 is 2.79 bits per heavy atom. The monoisotopic (exact) mass is 258 g/mol. The van der Waals surface area contributed by atoms with Crippen molar-refractivity contribution in [2.45, 2.75) is 57.3 Å². The molecular formula is C17H22O2. The van der Waals surface area contributed by atoms with Gasteiger partial charge in [0.15, 0.2) is 0 Å². The molecule has 3 rings (SSSR count). The van der Waals surface area contributed by atoms with E-state index in [0.717, 1.165) is 12.8 Å². The molecule has 0 aliphatic heterocycles. The van der Waals surface area contributed by atoms with E-state index >= 15 is 0 Å². The average molecular weight is 258 g/mol. The Kier molecular flexibility index (Phi) is 3.12. The summed E-state index contributed by atoms with van der Waals surface area (Å²) < 4.78 is 0. The smallest absolute Gasteiger partial charge is 0.303 e. The topological polar surface area (TPSA) is 37.3 Å². The van der Waals surface area contributed by atoms with Gasteiger partial charge in [-0.25, -0.2) is 0 Å². The van der Waals surface area contributed by atoms with Gasteiger partial charge >= 0.3 is 5.97 Å². The van der Waals surface area contributed by atoms with Crippen LogP contribution in [-0.2, 0) is 16.6 Å². The van der Waals surface area contributed by atoms with Crippen molar-refractivity contribution in [2.75, 3.05) is 0 Å². The average Bonchev–Trinajstić information content (AvgIpc) is 2.84. The molecule has 0 saturated heterocycles. The van der Waals surface area contributed by atoms with E-state index in [-0.39, 0.29) is 5.41 Å². The summed E-state index contributed by atoms with van der Waals surface area (Å²) in [6, 6.07) is 6.79. The van der Waals surface area contributed by atoms with Gasteiger partial charge < -0.3 is 5.11 Å². The summed E-state index contributed by atoms with van der Waals surface area (Å²) in [5.74, 6) is -0.297. The number of hydrogen-bond donors (Lipinski definition) is 1. The highest BCUT2D eigenvalue weighted by Gasteiger charge is 2.46. The molecule has 0 aromatic heterocycles. The van der Waals surface area contributed by atoms with Crippen molar-refractivity contribution >= 4 is 5.97 Å². The van der Waals surface area contributed by atoms with Crippen LogP contribution in [0.3, 0.4) is 0 Å². The maximum atomic E-state index is 11.2. The lowest BCUT2D eigenvalue weighted by Gasteiger charge is -2.43. The number of carboxylic acid groups (broad SMARTS) is 1. The molecule has 0 bridgehead atoms. The largest absolute Gasteiger partial charge is 0.481 e. The summed E-state index contributed by atoms with van der Waals surface area (Å²) in [7, 11) is 0. The summed E-state index contributed by atoms with van der Waals surface area (Å²) >= 11 is 0. The van der Waals surface area contributed by atoms with E-state index in [4.69, 9.17) is 0 Å². The third-order valence-electron chi connectivity index (χ3n) is 5.26. The predicted molar refractivity (Wildman–Crippen MR) is 75.4 cm³/mol. The number of fused-ring (bicyclic) bond motifs is 2. The van der Waals surface area contributed by atoms with Crippen LogP contribution in [0.5, 0.6) is 0 Å². The van der Waals surface area contributed by atoms with Gasteiger partial charge in [0, 0.05) is 6.42 Å². The highest BCUT2D eigenvalue weighted by Crippen LogP contribution is 2.53. The van der Waals surface area contributed by atoms with E-state index in [2.05, 4.69) is 25.1 Å². The lowest BCUT2D eigenvalue weighted by molar-refractivity contribution is -0.138. The molecule has 1 N–H and O–H groups in total. The first-order valence-corrected chi connectivity index (χ1v) is 7.44. The Morgan fingerprint density at radius 1 is 1.37 bits per heavy atom. The molecule has 0 heterocycles. The molecule has 2 aliphatic rings. The Morgan fingerprint density at radius 2 is 2.11 bits per heavy atom. The van der Waals surface area contributed by atoms with E-state index in [1.54, 1.807) is 0 Å². The van der Waals surface area contributed by atoms with Crippen molar-refractivity contribution in [3.05, 3.63) is 34.9 Å². The van der Waals surface area contributed by atoms with Gasteiger partial charge in [0.25, 0.3) is 0 Å². The maximum absolute atomic E-state index is 11.2. The van der Waals surface area contributed by atoms with Crippen LogP contribution in [0.2, 0.25) is 0 Å². The molecule has 1 spiro atoms. The molecular weight excluding hydrogens is 236 g/mol. The number of aliphatic carboxylic acids is 1. The van der Waals surface area contributed by atoms with Gasteiger partial charge in [0.1, 0.15) is 0 Å². The van der Waals surface area contributed by atoms with Crippen LogP contribution in [0, 0.1) is 12.8 Å². The number of hydrogen-bond acceptors (Lipinski definition) is 1. The second-order valence-corrected chi connectivity index (χ2v) is 6.36. The molecule has 2 heteroatoms. The lowest BCUT2D eigenvalue weighted by atomic mass is 9.61. The Bertz CT molecular complexity index is 498. The van der Waals surface area contributed by atoms with E-state index in [0.29, 0.717) is 12.3 Å². The molecule has 1 saturated carbocycles. The first-order valence-electron chi connectivity index (χ1n) is 7.44. The lowest BCUT2D eigenvalue weighted by Crippen LogP contribution is -2.38. The highest BCUT2D eigenvalue weighted by atomic mass is 16.4. The minimum absolute atomic E-state index is 0.165. The van der Waals surface area contributed by atoms with Crippen molar-refractivity contribution in [2.24, 2.45) is 5.92 Å². The third-order valence-corrected chi connectivity index (χ3v) is 5.26. The Hall–Kier alpha value is -1.31. The van der Waals surface area contributed by atoms with E-state index in [1.165, 1.54) is 42.4 Å². The Balaban J connectivity index is 2.06. The number of aryl methyl sites for hydroxylation is 2. The van der Waals surface area contributed by atoms with Crippen molar-refractivity contribution < 1.29 is 9.90 Å². The molecule has 0 radical (unpaired) electrons.